The largest absolute Gasteiger partial charge is 0.491 e. The van der Waals surface area contributed by atoms with Gasteiger partial charge < -0.3 is 18.9 Å². The molecule has 0 saturated carbocycles. The number of rotatable bonds is 15. The molecule has 1 aromatic rings. The molecule has 4 heteroatoms. The molecular formula is C24H36O4. The van der Waals surface area contributed by atoms with Crippen molar-refractivity contribution < 1.29 is 18.9 Å². The van der Waals surface area contributed by atoms with Gasteiger partial charge in [-0.1, -0.05) is 51.2 Å². The minimum atomic E-state index is 0.319. The average molecular weight is 389 g/mol. The van der Waals surface area contributed by atoms with E-state index in [0.717, 1.165) is 25.2 Å². The van der Waals surface area contributed by atoms with Gasteiger partial charge >= 0.3 is 0 Å². The van der Waals surface area contributed by atoms with Crippen LogP contribution in [0.3, 0.4) is 0 Å². The van der Waals surface area contributed by atoms with Crippen molar-refractivity contribution in [3.05, 3.63) is 29.8 Å². The Hall–Kier alpha value is -1.10. The zero-order valence-corrected chi connectivity index (χ0v) is 17.3. The minimum absolute atomic E-state index is 0.319. The van der Waals surface area contributed by atoms with E-state index in [4.69, 9.17) is 18.9 Å². The van der Waals surface area contributed by atoms with Gasteiger partial charge in [-0.05, 0) is 43.4 Å². The molecule has 0 radical (unpaired) electrons. The van der Waals surface area contributed by atoms with E-state index in [1.165, 1.54) is 56.9 Å². The number of ether oxygens (including phenoxy) is 4. The zero-order chi connectivity index (χ0) is 19.2. The van der Waals surface area contributed by atoms with Crippen molar-refractivity contribution in [3.63, 3.8) is 0 Å². The van der Waals surface area contributed by atoms with E-state index in [2.05, 4.69) is 25.1 Å². The van der Waals surface area contributed by atoms with Crippen molar-refractivity contribution in [2.75, 3.05) is 13.2 Å². The van der Waals surface area contributed by atoms with Crippen LogP contribution in [0.1, 0.15) is 70.3 Å². The van der Waals surface area contributed by atoms with Gasteiger partial charge in [0.2, 0.25) is 0 Å². The predicted molar refractivity (Wildman–Crippen MR) is 110 cm³/mol. The molecule has 0 spiro atoms. The number of aryl methyl sites for hydroxylation is 1. The van der Waals surface area contributed by atoms with Crippen LogP contribution in [0.2, 0.25) is 0 Å². The Morgan fingerprint density at radius 3 is 2.46 bits per heavy atom. The topological polar surface area (TPSA) is 46.8 Å². The van der Waals surface area contributed by atoms with Crippen LogP contribution < -0.4 is 4.74 Å². The van der Waals surface area contributed by atoms with Gasteiger partial charge in [0.05, 0.1) is 31.0 Å². The summed E-state index contributed by atoms with van der Waals surface area (Å²) in [6.07, 6.45) is 14.9. The summed E-state index contributed by atoms with van der Waals surface area (Å²) < 4.78 is 22.5. The van der Waals surface area contributed by atoms with Crippen molar-refractivity contribution in [3.8, 4) is 5.75 Å². The van der Waals surface area contributed by atoms with Crippen LogP contribution in [0.5, 0.6) is 5.75 Å². The molecule has 156 valence electrons. The van der Waals surface area contributed by atoms with Crippen LogP contribution in [-0.4, -0.2) is 43.7 Å². The monoisotopic (exact) mass is 388 g/mol. The molecule has 28 heavy (non-hydrogen) atoms. The van der Waals surface area contributed by atoms with Gasteiger partial charge in [0.15, 0.2) is 0 Å². The van der Waals surface area contributed by atoms with Gasteiger partial charge in [-0.15, -0.1) is 0 Å². The summed E-state index contributed by atoms with van der Waals surface area (Å²) in [4.78, 5) is 0. The molecule has 5 atom stereocenters. The summed E-state index contributed by atoms with van der Waals surface area (Å²) in [6, 6.07) is 8.53. The molecular weight excluding hydrogens is 352 g/mol. The molecule has 0 aromatic heterocycles. The number of unbranched alkanes of at least 4 members (excludes halogenated alkanes) is 4. The highest BCUT2D eigenvalue weighted by Gasteiger charge is 2.47. The van der Waals surface area contributed by atoms with Gasteiger partial charge in [0.25, 0.3) is 0 Å². The van der Waals surface area contributed by atoms with E-state index in [0.29, 0.717) is 37.1 Å². The van der Waals surface area contributed by atoms with Crippen molar-refractivity contribution >= 4 is 0 Å². The number of hydrogen-bond donors (Lipinski definition) is 0. The minimum Gasteiger partial charge on any atom is -0.491 e. The molecule has 4 nitrogen and oxygen atoms in total. The molecule has 0 amide bonds. The van der Waals surface area contributed by atoms with Crippen LogP contribution >= 0.6 is 0 Å². The first kappa shape index (κ1) is 20.2. The number of benzene rings is 1. The third kappa shape index (κ3) is 6.75. The van der Waals surface area contributed by atoms with E-state index in [1.54, 1.807) is 0 Å². The quantitative estimate of drug-likeness (QED) is 0.311. The highest BCUT2D eigenvalue weighted by molar-refractivity contribution is 5.28. The van der Waals surface area contributed by atoms with Gasteiger partial charge in [0, 0.05) is 6.42 Å². The van der Waals surface area contributed by atoms with Crippen molar-refractivity contribution in [2.45, 2.75) is 102 Å². The second-order valence-electron chi connectivity index (χ2n) is 8.67. The molecule has 0 bridgehead atoms. The third-order valence-corrected chi connectivity index (χ3v) is 6.10. The fourth-order valence-electron chi connectivity index (χ4n) is 4.14. The lowest BCUT2D eigenvalue weighted by molar-refractivity contribution is 0.263. The highest BCUT2D eigenvalue weighted by Crippen LogP contribution is 2.38. The predicted octanol–water partition coefficient (Wildman–Crippen LogP) is 5.07. The smallest absolute Gasteiger partial charge is 0.119 e. The first-order valence-electron chi connectivity index (χ1n) is 11.5. The summed E-state index contributed by atoms with van der Waals surface area (Å²) >= 11 is 0. The summed E-state index contributed by atoms with van der Waals surface area (Å²) in [5.74, 6) is 0.976. The Bertz CT molecular complexity index is 600. The Morgan fingerprint density at radius 2 is 1.68 bits per heavy atom. The molecule has 3 aliphatic rings. The SMILES string of the molecule is CCCC1OC1CC1OC1CCCCCCCc1cccc(OCC2CO2)c1. The van der Waals surface area contributed by atoms with Gasteiger partial charge in [0.1, 0.15) is 18.5 Å². The zero-order valence-electron chi connectivity index (χ0n) is 17.3. The normalized spacial score (nSPS) is 30.2. The fourth-order valence-corrected chi connectivity index (χ4v) is 4.14. The maximum absolute atomic E-state index is 5.83. The third-order valence-electron chi connectivity index (χ3n) is 6.10. The summed E-state index contributed by atoms with van der Waals surface area (Å²) in [5, 5.41) is 0. The number of hydrogen-bond acceptors (Lipinski definition) is 4. The average Bonchev–Trinajstić information content (AvgIpc) is 3.56. The standard InChI is InChI=1S/C24H36O4/c1-2-9-21-23(27-21)15-24-22(28-24)13-7-5-3-4-6-10-18-11-8-12-19(14-18)25-16-20-17-26-20/h8,11-12,14,20-24H,2-7,9-10,13,15-17H2,1H3. The molecule has 3 fully saturated rings. The first-order chi connectivity index (χ1) is 13.8. The fraction of sp³-hybridized carbons (Fsp3) is 0.750. The molecule has 1 aromatic carbocycles. The van der Waals surface area contributed by atoms with Crippen molar-refractivity contribution in [1.29, 1.82) is 0 Å². The molecule has 0 aliphatic carbocycles. The van der Waals surface area contributed by atoms with E-state index < -0.39 is 0 Å². The van der Waals surface area contributed by atoms with Crippen LogP contribution in [-0.2, 0) is 20.6 Å². The maximum atomic E-state index is 5.83. The lowest BCUT2D eigenvalue weighted by Gasteiger charge is -2.07. The van der Waals surface area contributed by atoms with Crippen molar-refractivity contribution in [1.82, 2.24) is 0 Å². The Morgan fingerprint density at radius 1 is 0.929 bits per heavy atom. The van der Waals surface area contributed by atoms with Gasteiger partial charge in [-0.2, -0.15) is 0 Å². The van der Waals surface area contributed by atoms with Crippen LogP contribution in [0, 0.1) is 0 Å². The lowest BCUT2D eigenvalue weighted by atomic mass is 10.0. The summed E-state index contributed by atoms with van der Waals surface area (Å²) in [6.45, 7) is 3.76. The Balaban J connectivity index is 0.984. The summed E-state index contributed by atoms with van der Waals surface area (Å²) in [5.41, 5.74) is 1.38. The van der Waals surface area contributed by atoms with Gasteiger partial charge in [-0.3, -0.25) is 0 Å². The maximum Gasteiger partial charge on any atom is 0.119 e. The molecule has 3 aliphatic heterocycles. The number of epoxide rings is 3. The summed E-state index contributed by atoms with van der Waals surface area (Å²) in [7, 11) is 0. The molecule has 0 N–H and O–H groups in total. The molecule has 4 rings (SSSR count). The first-order valence-corrected chi connectivity index (χ1v) is 11.5. The Kier molecular flexibility index (Phi) is 7.27. The Labute approximate surface area is 169 Å². The molecule has 3 saturated heterocycles. The van der Waals surface area contributed by atoms with Crippen molar-refractivity contribution in [2.24, 2.45) is 0 Å². The van der Waals surface area contributed by atoms with Crippen LogP contribution in [0.25, 0.3) is 0 Å². The molecule has 5 unspecified atom stereocenters. The van der Waals surface area contributed by atoms with Crippen LogP contribution in [0.4, 0.5) is 0 Å². The van der Waals surface area contributed by atoms with E-state index in [1.807, 2.05) is 6.07 Å². The van der Waals surface area contributed by atoms with Crippen LogP contribution in [0.15, 0.2) is 24.3 Å². The van der Waals surface area contributed by atoms with E-state index >= 15 is 0 Å². The lowest BCUT2D eigenvalue weighted by Crippen LogP contribution is -2.04. The second kappa shape index (κ2) is 10.1. The van der Waals surface area contributed by atoms with Gasteiger partial charge in [-0.25, -0.2) is 0 Å². The second-order valence-corrected chi connectivity index (χ2v) is 8.67. The van der Waals surface area contributed by atoms with E-state index in [-0.39, 0.29) is 0 Å². The highest BCUT2D eigenvalue weighted by atomic mass is 16.6. The molecule has 3 heterocycles. The van der Waals surface area contributed by atoms with E-state index in [9.17, 15) is 0 Å².